The predicted molar refractivity (Wildman–Crippen MR) is 64.9 cm³/mol. The molecular weight excluding hydrogens is 198 g/mol. The van der Waals surface area contributed by atoms with Crippen molar-refractivity contribution in [2.45, 2.75) is 6.04 Å². The molecule has 0 bridgehead atoms. The summed E-state index contributed by atoms with van der Waals surface area (Å²) in [6.45, 7) is 0. The van der Waals surface area contributed by atoms with Crippen molar-refractivity contribution in [3.05, 3.63) is 66.2 Å². The van der Waals surface area contributed by atoms with Gasteiger partial charge in [-0.2, -0.15) is 0 Å². The van der Waals surface area contributed by atoms with Crippen molar-refractivity contribution in [2.75, 3.05) is 5.32 Å². The predicted octanol–water partition coefficient (Wildman–Crippen LogP) is 2.95. The van der Waals surface area contributed by atoms with Gasteiger partial charge < -0.3 is 5.32 Å². The molecule has 1 radical (unpaired) electrons. The SMILES string of the molecule is O=[C]C(Nc1ccccc1)c1ccccc1. The molecule has 0 saturated carbocycles. The van der Waals surface area contributed by atoms with Gasteiger partial charge in [0.1, 0.15) is 6.04 Å². The minimum Gasteiger partial charge on any atom is -0.371 e. The number of para-hydroxylation sites is 1. The summed E-state index contributed by atoms with van der Waals surface area (Å²) in [6, 6.07) is 18.8. The van der Waals surface area contributed by atoms with E-state index < -0.39 is 6.04 Å². The fourth-order valence-corrected chi connectivity index (χ4v) is 1.53. The molecule has 0 aliphatic carbocycles. The van der Waals surface area contributed by atoms with E-state index in [1.54, 1.807) is 0 Å². The Kier molecular flexibility index (Phi) is 3.34. The Morgan fingerprint density at radius 2 is 1.44 bits per heavy atom. The van der Waals surface area contributed by atoms with E-state index in [0.29, 0.717) is 0 Å². The highest BCUT2D eigenvalue weighted by atomic mass is 16.1. The number of nitrogens with one attached hydrogen (secondary N) is 1. The second-order valence-electron chi connectivity index (χ2n) is 3.47. The van der Waals surface area contributed by atoms with Gasteiger partial charge in [-0.3, -0.25) is 4.79 Å². The molecule has 2 rings (SSSR count). The fraction of sp³-hybridized carbons (Fsp3) is 0.0714. The number of hydrogen-bond acceptors (Lipinski definition) is 2. The highest BCUT2D eigenvalue weighted by molar-refractivity contribution is 5.68. The summed E-state index contributed by atoms with van der Waals surface area (Å²) >= 11 is 0. The molecule has 1 N–H and O–H groups in total. The van der Waals surface area contributed by atoms with Crippen molar-refractivity contribution in [1.82, 2.24) is 0 Å². The molecule has 0 saturated heterocycles. The van der Waals surface area contributed by atoms with E-state index in [1.807, 2.05) is 66.9 Å². The van der Waals surface area contributed by atoms with Crippen LogP contribution in [0.3, 0.4) is 0 Å². The number of rotatable bonds is 4. The maximum absolute atomic E-state index is 10.9. The third-order valence-corrected chi connectivity index (χ3v) is 2.34. The highest BCUT2D eigenvalue weighted by Crippen LogP contribution is 2.17. The van der Waals surface area contributed by atoms with Gasteiger partial charge in [0.25, 0.3) is 0 Å². The molecule has 79 valence electrons. The molecule has 0 heterocycles. The summed E-state index contributed by atoms with van der Waals surface area (Å²) in [5, 5.41) is 3.12. The first-order valence-electron chi connectivity index (χ1n) is 5.14. The van der Waals surface area contributed by atoms with E-state index in [1.165, 1.54) is 0 Å². The van der Waals surface area contributed by atoms with Gasteiger partial charge in [-0.1, -0.05) is 48.5 Å². The van der Waals surface area contributed by atoms with Crippen molar-refractivity contribution < 1.29 is 4.79 Å². The van der Waals surface area contributed by atoms with Crippen molar-refractivity contribution in [3.63, 3.8) is 0 Å². The van der Waals surface area contributed by atoms with Crippen molar-refractivity contribution >= 4 is 12.0 Å². The van der Waals surface area contributed by atoms with E-state index in [2.05, 4.69) is 5.32 Å². The van der Waals surface area contributed by atoms with Crippen LogP contribution in [0.1, 0.15) is 11.6 Å². The maximum atomic E-state index is 10.9. The van der Waals surface area contributed by atoms with Crippen LogP contribution in [0.25, 0.3) is 0 Å². The zero-order valence-electron chi connectivity index (χ0n) is 8.76. The van der Waals surface area contributed by atoms with Gasteiger partial charge in [-0.15, -0.1) is 0 Å². The summed E-state index contributed by atoms with van der Waals surface area (Å²) in [5.74, 6) is 0. The van der Waals surface area contributed by atoms with Crippen LogP contribution in [0.5, 0.6) is 0 Å². The monoisotopic (exact) mass is 210 g/mol. The third kappa shape index (κ3) is 2.48. The molecule has 0 amide bonds. The molecule has 0 aliphatic rings. The summed E-state index contributed by atoms with van der Waals surface area (Å²) in [6.07, 6.45) is 2.01. The average Bonchev–Trinajstić information content (AvgIpc) is 2.38. The summed E-state index contributed by atoms with van der Waals surface area (Å²) in [7, 11) is 0. The molecule has 2 heteroatoms. The van der Waals surface area contributed by atoms with Crippen LogP contribution in [-0.2, 0) is 4.79 Å². The van der Waals surface area contributed by atoms with E-state index >= 15 is 0 Å². The lowest BCUT2D eigenvalue weighted by atomic mass is 10.1. The van der Waals surface area contributed by atoms with E-state index in [0.717, 1.165) is 11.3 Å². The first kappa shape index (κ1) is 10.4. The zero-order chi connectivity index (χ0) is 11.2. The molecule has 0 aromatic heterocycles. The van der Waals surface area contributed by atoms with Gasteiger partial charge in [0.15, 0.2) is 0 Å². The van der Waals surface area contributed by atoms with Gasteiger partial charge in [-0.25, -0.2) is 0 Å². The number of hydrogen-bond donors (Lipinski definition) is 1. The molecular formula is C14H12NO. The van der Waals surface area contributed by atoms with Crippen LogP contribution in [0.2, 0.25) is 0 Å². The Balaban J connectivity index is 2.16. The fourth-order valence-electron chi connectivity index (χ4n) is 1.53. The van der Waals surface area contributed by atoms with Crippen LogP contribution in [-0.4, -0.2) is 6.29 Å². The second kappa shape index (κ2) is 5.12. The normalized spacial score (nSPS) is 11.8. The smallest absolute Gasteiger partial charge is 0.227 e. The molecule has 1 unspecified atom stereocenters. The summed E-state index contributed by atoms with van der Waals surface area (Å²) in [5.41, 5.74) is 1.83. The van der Waals surface area contributed by atoms with E-state index in [9.17, 15) is 4.79 Å². The largest absolute Gasteiger partial charge is 0.371 e. The molecule has 0 spiro atoms. The molecule has 1 atom stereocenters. The first-order chi connectivity index (χ1) is 7.90. The molecule has 0 fully saturated rings. The average molecular weight is 210 g/mol. The standard InChI is InChI=1S/C14H12NO/c16-11-14(12-7-3-1-4-8-12)15-13-9-5-2-6-10-13/h1-10,14-15H. The maximum Gasteiger partial charge on any atom is 0.227 e. The Labute approximate surface area is 94.9 Å². The van der Waals surface area contributed by atoms with Gasteiger partial charge in [-0.05, 0) is 17.7 Å². The topological polar surface area (TPSA) is 29.1 Å². The molecule has 0 aliphatic heterocycles. The lowest BCUT2D eigenvalue weighted by molar-refractivity contribution is 0.547. The lowest BCUT2D eigenvalue weighted by Gasteiger charge is -2.13. The minimum atomic E-state index is -0.413. The van der Waals surface area contributed by atoms with Crippen LogP contribution in [0, 0.1) is 0 Å². The molecule has 16 heavy (non-hydrogen) atoms. The van der Waals surface area contributed by atoms with Crippen LogP contribution < -0.4 is 5.32 Å². The van der Waals surface area contributed by atoms with E-state index in [-0.39, 0.29) is 0 Å². The van der Waals surface area contributed by atoms with E-state index in [4.69, 9.17) is 0 Å². The van der Waals surface area contributed by atoms with Crippen LogP contribution in [0.15, 0.2) is 60.7 Å². The molecule has 2 aromatic carbocycles. The van der Waals surface area contributed by atoms with Crippen LogP contribution >= 0.6 is 0 Å². The second-order valence-corrected chi connectivity index (χ2v) is 3.47. The summed E-state index contributed by atoms with van der Waals surface area (Å²) in [4.78, 5) is 10.9. The molecule has 2 aromatic rings. The van der Waals surface area contributed by atoms with Crippen molar-refractivity contribution in [3.8, 4) is 0 Å². The zero-order valence-corrected chi connectivity index (χ0v) is 8.76. The highest BCUT2D eigenvalue weighted by Gasteiger charge is 2.09. The van der Waals surface area contributed by atoms with Gasteiger partial charge in [0, 0.05) is 5.69 Å². The lowest BCUT2D eigenvalue weighted by Crippen LogP contribution is -2.11. The van der Waals surface area contributed by atoms with Crippen molar-refractivity contribution in [1.29, 1.82) is 0 Å². The molecule has 2 nitrogen and oxygen atoms in total. The van der Waals surface area contributed by atoms with Gasteiger partial charge in [0.05, 0.1) is 0 Å². The Morgan fingerprint density at radius 1 is 0.875 bits per heavy atom. The third-order valence-electron chi connectivity index (χ3n) is 2.34. The quantitative estimate of drug-likeness (QED) is 0.840. The Bertz CT molecular complexity index is 439. The Hall–Kier alpha value is -2.09. The van der Waals surface area contributed by atoms with Crippen molar-refractivity contribution in [2.24, 2.45) is 0 Å². The Morgan fingerprint density at radius 3 is 2.00 bits per heavy atom. The van der Waals surface area contributed by atoms with Crippen LogP contribution in [0.4, 0.5) is 5.69 Å². The van der Waals surface area contributed by atoms with Gasteiger partial charge in [0.2, 0.25) is 6.29 Å². The number of anilines is 1. The first-order valence-corrected chi connectivity index (χ1v) is 5.14. The number of benzene rings is 2. The minimum absolute atomic E-state index is 0.413. The number of carbonyl (C=O) groups excluding carboxylic acids is 1. The summed E-state index contributed by atoms with van der Waals surface area (Å²) < 4.78 is 0. The van der Waals surface area contributed by atoms with Gasteiger partial charge >= 0.3 is 0 Å².